The Bertz CT molecular complexity index is 278. The zero-order valence-corrected chi connectivity index (χ0v) is 8.72. The van der Waals surface area contributed by atoms with Gasteiger partial charge in [-0.15, -0.1) is 0 Å². The number of aryl methyl sites for hydroxylation is 2. The molecule has 0 saturated carbocycles. The minimum absolute atomic E-state index is 0.178. The fraction of sp³-hybridized carbons (Fsp3) is 0.600. The van der Waals surface area contributed by atoms with Crippen molar-refractivity contribution in [2.24, 2.45) is 11.8 Å². The number of nitrogens with one attached hydrogen (secondary N) is 1. The van der Waals surface area contributed by atoms with Crippen LogP contribution in [0.5, 0.6) is 0 Å². The topological polar surface area (TPSA) is 51.2 Å². The van der Waals surface area contributed by atoms with E-state index in [0.29, 0.717) is 5.92 Å². The normalized spacial score (nSPS) is 13.7. The van der Waals surface area contributed by atoms with Crippen LogP contribution in [0, 0.1) is 19.8 Å². The van der Waals surface area contributed by atoms with Crippen LogP contribution in [0.3, 0.4) is 0 Å². The summed E-state index contributed by atoms with van der Waals surface area (Å²) in [4.78, 5) is 0. The molecule has 3 nitrogen and oxygen atoms in total. The lowest BCUT2D eigenvalue weighted by molar-refractivity contribution is 0.410. The van der Waals surface area contributed by atoms with Gasteiger partial charge >= 0.3 is 0 Å². The van der Waals surface area contributed by atoms with Gasteiger partial charge in [-0.05, 0) is 25.8 Å². The third-order valence-corrected chi connectivity index (χ3v) is 2.26. The summed E-state index contributed by atoms with van der Waals surface area (Å²) in [6.45, 7) is 8.18. The van der Waals surface area contributed by atoms with E-state index in [-0.39, 0.29) is 6.04 Å². The molecule has 3 heteroatoms. The van der Waals surface area contributed by atoms with Gasteiger partial charge in [0.2, 0.25) is 0 Å². The molecule has 0 amide bonds. The second kappa shape index (κ2) is 3.94. The summed E-state index contributed by atoms with van der Waals surface area (Å²) in [6, 6.07) is 2.22. The molecule has 1 aromatic rings. The highest BCUT2D eigenvalue weighted by molar-refractivity contribution is 5.24. The third kappa shape index (κ3) is 2.11. The Morgan fingerprint density at radius 1 is 1.38 bits per heavy atom. The molecule has 74 valence electrons. The van der Waals surface area contributed by atoms with Crippen LogP contribution in [0.15, 0.2) is 10.5 Å². The third-order valence-electron chi connectivity index (χ3n) is 2.26. The van der Waals surface area contributed by atoms with Crippen molar-refractivity contribution in [3.05, 3.63) is 23.2 Å². The predicted molar refractivity (Wildman–Crippen MR) is 53.1 cm³/mol. The molecule has 0 aliphatic carbocycles. The Hall–Kier alpha value is -0.800. The predicted octanol–water partition coefficient (Wildman–Crippen LogP) is 2.06. The van der Waals surface area contributed by atoms with Gasteiger partial charge in [-0.3, -0.25) is 11.3 Å². The number of hydrazine groups is 1. The van der Waals surface area contributed by atoms with E-state index in [1.54, 1.807) is 0 Å². The molecule has 1 heterocycles. The van der Waals surface area contributed by atoms with Crippen molar-refractivity contribution in [2.75, 3.05) is 0 Å². The van der Waals surface area contributed by atoms with Crippen LogP contribution < -0.4 is 11.3 Å². The molecule has 3 N–H and O–H groups in total. The van der Waals surface area contributed by atoms with Crippen LogP contribution in [0.25, 0.3) is 0 Å². The molecule has 0 aliphatic heterocycles. The fourth-order valence-electron chi connectivity index (χ4n) is 1.60. The summed E-state index contributed by atoms with van der Waals surface area (Å²) in [6.07, 6.45) is 0. The maximum Gasteiger partial charge on any atom is 0.105 e. The van der Waals surface area contributed by atoms with Crippen molar-refractivity contribution in [1.29, 1.82) is 0 Å². The Labute approximate surface area is 79.3 Å². The number of hydrogen-bond donors (Lipinski definition) is 2. The lowest BCUT2D eigenvalue weighted by Crippen LogP contribution is -2.31. The zero-order valence-electron chi connectivity index (χ0n) is 8.72. The molecular formula is C10H18N2O. The van der Waals surface area contributed by atoms with Crippen molar-refractivity contribution in [3.8, 4) is 0 Å². The highest BCUT2D eigenvalue weighted by atomic mass is 16.3. The molecule has 1 atom stereocenters. The molecule has 0 spiro atoms. The van der Waals surface area contributed by atoms with E-state index in [0.717, 1.165) is 17.1 Å². The summed E-state index contributed by atoms with van der Waals surface area (Å²) >= 11 is 0. The monoisotopic (exact) mass is 182 g/mol. The first kappa shape index (κ1) is 10.3. The van der Waals surface area contributed by atoms with Crippen LogP contribution in [-0.2, 0) is 0 Å². The van der Waals surface area contributed by atoms with E-state index in [2.05, 4.69) is 19.3 Å². The number of furan rings is 1. The summed E-state index contributed by atoms with van der Waals surface area (Å²) in [7, 11) is 0. The molecule has 0 radical (unpaired) electrons. The SMILES string of the molecule is Cc1cc(C(NN)C(C)C)c(C)o1. The average molecular weight is 182 g/mol. The van der Waals surface area contributed by atoms with Gasteiger partial charge in [0.05, 0.1) is 6.04 Å². The van der Waals surface area contributed by atoms with Crippen molar-refractivity contribution in [3.63, 3.8) is 0 Å². The largest absolute Gasteiger partial charge is 0.466 e. The van der Waals surface area contributed by atoms with Crippen LogP contribution in [0.4, 0.5) is 0 Å². The molecular weight excluding hydrogens is 164 g/mol. The smallest absolute Gasteiger partial charge is 0.105 e. The number of rotatable bonds is 3. The Morgan fingerprint density at radius 2 is 2.00 bits per heavy atom. The molecule has 0 bridgehead atoms. The number of hydrogen-bond acceptors (Lipinski definition) is 3. The van der Waals surface area contributed by atoms with E-state index in [4.69, 9.17) is 10.3 Å². The standard InChI is InChI=1S/C10H18N2O/c1-6(2)10(12-11)9-5-7(3)13-8(9)4/h5-6,10,12H,11H2,1-4H3. The van der Waals surface area contributed by atoms with E-state index in [1.165, 1.54) is 0 Å². The van der Waals surface area contributed by atoms with Crippen LogP contribution >= 0.6 is 0 Å². The first-order chi connectivity index (χ1) is 6.06. The quantitative estimate of drug-likeness (QED) is 0.555. The first-order valence-corrected chi connectivity index (χ1v) is 4.59. The molecule has 1 aromatic heterocycles. The molecule has 0 aliphatic rings. The molecule has 0 saturated heterocycles. The molecule has 0 fully saturated rings. The maximum atomic E-state index is 5.49. The van der Waals surface area contributed by atoms with E-state index < -0.39 is 0 Å². The summed E-state index contributed by atoms with van der Waals surface area (Å²) < 4.78 is 5.45. The van der Waals surface area contributed by atoms with Gasteiger partial charge in [0.1, 0.15) is 11.5 Å². The minimum atomic E-state index is 0.178. The second-order valence-corrected chi connectivity index (χ2v) is 3.76. The van der Waals surface area contributed by atoms with Crippen LogP contribution in [0.2, 0.25) is 0 Å². The van der Waals surface area contributed by atoms with Gasteiger partial charge in [-0.2, -0.15) is 0 Å². The van der Waals surface area contributed by atoms with Gasteiger partial charge in [0.15, 0.2) is 0 Å². The van der Waals surface area contributed by atoms with E-state index in [9.17, 15) is 0 Å². The average Bonchev–Trinajstić information content (AvgIpc) is 2.31. The minimum Gasteiger partial charge on any atom is -0.466 e. The van der Waals surface area contributed by atoms with Crippen molar-refractivity contribution in [1.82, 2.24) is 5.43 Å². The lowest BCUT2D eigenvalue weighted by atomic mass is 9.97. The van der Waals surface area contributed by atoms with Crippen molar-refractivity contribution >= 4 is 0 Å². The molecule has 0 aromatic carbocycles. The highest BCUT2D eigenvalue weighted by Gasteiger charge is 2.18. The van der Waals surface area contributed by atoms with Gasteiger partial charge in [0.25, 0.3) is 0 Å². The maximum absolute atomic E-state index is 5.49. The van der Waals surface area contributed by atoms with Crippen LogP contribution in [0.1, 0.15) is 37.0 Å². The summed E-state index contributed by atoms with van der Waals surface area (Å²) in [5, 5.41) is 0. The molecule has 1 rings (SSSR count). The van der Waals surface area contributed by atoms with E-state index in [1.807, 2.05) is 19.9 Å². The van der Waals surface area contributed by atoms with Gasteiger partial charge in [-0.25, -0.2) is 0 Å². The number of nitrogens with two attached hydrogens (primary N) is 1. The van der Waals surface area contributed by atoms with Crippen molar-refractivity contribution < 1.29 is 4.42 Å². The highest BCUT2D eigenvalue weighted by Crippen LogP contribution is 2.26. The first-order valence-electron chi connectivity index (χ1n) is 4.59. The summed E-state index contributed by atoms with van der Waals surface area (Å²) in [5.41, 5.74) is 3.97. The molecule has 13 heavy (non-hydrogen) atoms. The Kier molecular flexibility index (Phi) is 3.12. The van der Waals surface area contributed by atoms with Gasteiger partial charge in [0, 0.05) is 5.56 Å². The van der Waals surface area contributed by atoms with Crippen molar-refractivity contribution in [2.45, 2.75) is 33.7 Å². The Balaban J connectivity index is 2.97. The summed E-state index contributed by atoms with van der Waals surface area (Å²) in [5.74, 6) is 7.84. The second-order valence-electron chi connectivity index (χ2n) is 3.76. The van der Waals surface area contributed by atoms with E-state index >= 15 is 0 Å². The fourth-order valence-corrected chi connectivity index (χ4v) is 1.60. The molecule has 1 unspecified atom stereocenters. The van der Waals surface area contributed by atoms with Crippen LogP contribution in [-0.4, -0.2) is 0 Å². The van der Waals surface area contributed by atoms with Gasteiger partial charge < -0.3 is 4.42 Å². The zero-order chi connectivity index (χ0) is 10.0. The Morgan fingerprint density at radius 3 is 2.31 bits per heavy atom. The van der Waals surface area contributed by atoms with Gasteiger partial charge in [-0.1, -0.05) is 13.8 Å². The lowest BCUT2D eigenvalue weighted by Gasteiger charge is -2.18.